The van der Waals surface area contributed by atoms with Gasteiger partial charge < -0.3 is 16.0 Å². The fraction of sp³-hybridized carbons (Fsp3) is 0.556. The summed E-state index contributed by atoms with van der Waals surface area (Å²) in [5.74, 6) is 0.395. The summed E-state index contributed by atoms with van der Waals surface area (Å²) in [5.41, 5.74) is 1.14. The summed E-state index contributed by atoms with van der Waals surface area (Å²) in [7, 11) is 0. The maximum atomic E-state index is 12.4. The van der Waals surface area contributed by atoms with Gasteiger partial charge in [0.05, 0.1) is 6.04 Å². The van der Waals surface area contributed by atoms with E-state index in [-0.39, 0.29) is 18.0 Å². The summed E-state index contributed by atoms with van der Waals surface area (Å²) in [6.07, 6.45) is 6.35. The molecule has 0 aromatic heterocycles. The van der Waals surface area contributed by atoms with E-state index in [2.05, 4.69) is 28.1 Å². The lowest BCUT2D eigenvalue weighted by Gasteiger charge is -2.28. The molecule has 2 fully saturated rings. The van der Waals surface area contributed by atoms with Crippen LogP contribution in [0.15, 0.2) is 30.3 Å². The highest BCUT2D eigenvalue weighted by molar-refractivity contribution is 5.87. The Balaban J connectivity index is 1.65. The van der Waals surface area contributed by atoms with Crippen LogP contribution in [0, 0.1) is 5.92 Å². The summed E-state index contributed by atoms with van der Waals surface area (Å²) in [6.45, 7) is 0.702. The summed E-state index contributed by atoms with van der Waals surface area (Å²) >= 11 is 0. The molecule has 1 aromatic rings. The Bertz CT molecular complexity index is 540. The van der Waals surface area contributed by atoms with Crippen LogP contribution in [-0.2, 0) is 4.79 Å². The number of carbonyl (C=O) groups is 2. The van der Waals surface area contributed by atoms with E-state index in [0.717, 1.165) is 24.8 Å². The van der Waals surface area contributed by atoms with Gasteiger partial charge in [0.2, 0.25) is 5.91 Å². The second-order valence-corrected chi connectivity index (χ2v) is 6.54. The van der Waals surface area contributed by atoms with E-state index in [1.165, 1.54) is 12.8 Å². The Morgan fingerprint density at radius 2 is 1.83 bits per heavy atom. The van der Waals surface area contributed by atoms with Gasteiger partial charge in [-0.15, -0.1) is 0 Å². The van der Waals surface area contributed by atoms with Crippen LogP contribution in [-0.4, -0.2) is 24.5 Å². The van der Waals surface area contributed by atoms with Crippen molar-refractivity contribution in [1.29, 1.82) is 0 Å². The van der Waals surface area contributed by atoms with Gasteiger partial charge >= 0.3 is 6.03 Å². The Morgan fingerprint density at radius 3 is 2.52 bits per heavy atom. The van der Waals surface area contributed by atoms with Crippen LogP contribution in [0.3, 0.4) is 0 Å². The molecule has 124 valence electrons. The maximum absolute atomic E-state index is 12.4. The molecule has 1 saturated carbocycles. The molecule has 1 aliphatic heterocycles. The number of benzene rings is 1. The third-order valence-electron chi connectivity index (χ3n) is 4.91. The lowest BCUT2D eigenvalue weighted by molar-refractivity contribution is -0.124. The molecule has 3 N–H and O–H groups in total. The number of carbonyl (C=O) groups excluding carboxylic acids is 2. The monoisotopic (exact) mass is 315 g/mol. The van der Waals surface area contributed by atoms with Gasteiger partial charge in [0.1, 0.15) is 6.04 Å². The van der Waals surface area contributed by atoms with Crippen molar-refractivity contribution in [2.75, 3.05) is 6.54 Å². The van der Waals surface area contributed by atoms with Gasteiger partial charge in [-0.2, -0.15) is 0 Å². The number of rotatable bonds is 4. The number of hydrogen-bond donors (Lipinski definition) is 3. The molecule has 3 amide bonds. The average Bonchev–Trinajstić information content (AvgIpc) is 3.10. The average molecular weight is 315 g/mol. The molecular weight excluding hydrogens is 290 g/mol. The molecule has 3 rings (SSSR count). The van der Waals surface area contributed by atoms with Crippen LogP contribution in [0.2, 0.25) is 0 Å². The predicted molar refractivity (Wildman–Crippen MR) is 88.8 cm³/mol. The third-order valence-corrected chi connectivity index (χ3v) is 4.91. The van der Waals surface area contributed by atoms with Crippen molar-refractivity contribution in [3.05, 3.63) is 35.9 Å². The predicted octanol–water partition coefficient (Wildman–Crippen LogP) is 2.50. The molecule has 1 aromatic carbocycles. The number of urea groups is 1. The highest BCUT2D eigenvalue weighted by Crippen LogP contribution is 2.35. The smallest absolute Gasteiger partial charge is 0.315 e. The molecular formula is C18H25N3O2. The molecule has 2 aliphatic rings. The maximum Gasteiger partial charge on any atom is 0.315 e. The van der Waals surface area contributed by atoms with Crippen molar-refractivity contribution in [3.8, 4) is 0 Å². The Kier molecular flexibility index (Phi) is 5.16. The van der Waals surface area contributed by atoms with Crippen LogP contribution >= 0.6 is 0 Å². The molecule has 1 heterocycles. The Hall–Kier alpha value is -2.04. The minimum atomic E-state index is -0.413. The molecule has 2 atom stereocenters. The van der Waals surface area contributed by atoms with Crippen LogP contribution in [0.4, 0.5) is 4.79 Å². The van der Waals surface area contributed by atoms with Crippen LogP contribution in [0.5, 0.6) is 0 Å². The first-order chi connectivity index (χ1) is 11.2. The molecule has 5 nitrogen and oxygen atoms in total. The normalized spacial score (nSPS) is 23.1. The van der Waals surface area contributed by atoms with E-state index in [1.54, 1.807) is 0 Å². The Morgan fingerprint density at radius 1 is 1.09 bits per heavy atom. The van der Waals surface area contributed by atoms with Gasteiger partial charge in [0.25, 0.3) is 0 Å². The van der Waals surface area contributed by atoms with E-state index >= 15 is 0 Å². The number of nitrogens with one attached hydrogen (secondary N) is 3. The van der Waals surface area contributed by atoms with Gasteiger partial charge in [-0.05, 0) is 37.2 Å². The minimum Gasteiger partial charge on any atom is -0.354 e. The van der Waals surface area contributed by atoms with E-state index in [0.29, 0.717) is 18.9 Å². The number of amides is 3. The van der Waals surface area contributed by atoms with Crippen molar-refractivity contribution in [2.24, 2.45) is 5.92 Å². The summed E-state index contributed by atoms with van der Waals surface area (Å²) < 4.78 is 0. The standard InChI is InChI=1S/C18H25N3O2/c22-17-15(11-6-12-19-17)20-18(23)21-16(14-9-4-5-10-14)13-7-2-1-3-8-13/h1-3,7-8,14-16H,4-6,9-12H2,(H,19,22)(H2,20,21,23). The molecule has 1 saturated heterocycles. The molecule has 2 unspecified atom stereocenters. The first kappa shape index (κ1) is 15.8. The zero-order chi connectivity index (χ0) is 16.1. The highest BCUT2D eigenvalue weighted by Gasteiger charge is 2.29. The summed E-state index contributed by atoms with van der Waals surface area (Å²) in [4.78, 5) is 24.2. The molecule has 0 spiro atoms. The Labute approximate surface area is 137 Å². The van der Waals surface area contributed by atoms with E-state index in [9.17, 15) is 9.59 Å². The van der Waals surface area contributed by atoms with Crippen molar-refractivity contribution in [3.63, 3.8) is 0 Å². The van der Waals surface area contributed by atoms with E-state index in [4.69, 9.17) is 0 Å². The molecule has 5 heteroatoms. The second kappa shape index (κ2) is 7.49. The van der Waals surface area contributed by atoms with Crippen LogP contribution < -0.4 is 16.0 Å². The van der Waals surface area contributed by atoms with E-state index in [1.807, 2.05) is 18.2 Å². The topological polar surface area (TPSA) is 70.2 Å². The molecule has 0 radical (unpaired) electrons. The van der Waals surface area contributed by atoms with E-state index < -0.39 is 6.04 Å². The molecule has 0 bridgehead atoms. The summed E-state index contributed by atoms with van der Waals surface area (Å²) in [6, 6.07) is 9.49. The highest BCUT2D eigenvalue weighted by atomic mass is 16.2. The SMILES string of the molecule is O=C(NC1CCCNC1=O)NC(c1ccccc1)C1CCCC1. The zero-order valence-corrected chi connectivity index (χ0v) is 13.4. The molecule has 23 heavy (non-hydrogen) atoms. The number of hydrogen-bond acceptors (Lipinski definition) is 2. The first-order valence-corrected chi connectivity index (χ1v) is 8.64. The largest absolute Gasteiger partial charge is 0.354 e. The minimum absolute atomic E-state index is 0.0188. The van der Waals surface area contributed by atoms with Gasteiger partial charge in [-0.3, -0.25) is 4.79 Å². The third kappa shape index (κ3) is 4.03. The fourth-order valence-corrected chi connectivity index (χ4v) is 3.68. The van der Waals surface area contributed by atoms with Gasteiger partial charge in [-0.25, -0.2) is 4.79 Å². The van der Waals surface area contributed by atoms with Crippen molar-refractivity contribution >= 4 is 11.9 Å². The van der Waals surface area contributed by atoms with Crippen molar-refractivity contribution < 1.29 is 9.59 Å². The van der Waals surface area contributed by atoms with Crippen LogP contribution in [0.25, 0.3) is 0 Å². The van der Waals surface area contributed by atoms with Gasteiger partial charge in [0.15, 0.2) is 0 Å². The fourth-order valence-electron chi connectivity index (χ4n) is 3.68. The van der Waals surface area contributed by atoms with Crippen molar-refractivity contribution in [1.82, 2.24) is 16.0 Å². The quantitative estimate of drug-likeness (QED) is 0.799. The van der Waals surface area contributed by atoms with Gasteiger partial charge in [0, 0.05) is 6.54 Å². The lowest BCUT2D eigenvalue weighted by atomic mass is 9.92. The van der Waals surface area contributed by atoms with Crippen molar-refractivity contribution in [2.45, 2.75) is 50.6 Å². The molecule has 1 aliphatic carbocycles. The summed E-state index contributed by atoms with van der Waals surface area (Å²) in [5, 5.41) is 8.74. The first-order valence-electron chi connectivity index (χ1n) is 8.64. The zero-order valence-electron chi connectivity index (χ0n) is 13.4. The lowest BCUT2D eigenvalue weighted by Crippen LogP contribution is -2.53. The van der Waals surface area contributed by atoms with Crippen LogP contribution in [0.1, 0.15) is 50.1 Å². The van der Waals surface area contributed by atoms with Gasteiger partial charge in [-0.1, -0.05) is 43.2 Å². The number of piperidine rings is 1. The second-order valence-electron chi connectivity index (χ2n) is 6.54.